The highest BCUT2D eigenvalue weighted by molar-refractivity contribution is 7.89. The van der Waals surface area contributed by atoms with Crippen LogP contribution in [0.5, 0.6) is 0 Å². The van der Waals surface area contributed by atoms with E-state index in [0.717, 1.165) is 13.1 Å². The molecule has 0 fully saturated rings. The SMILES string of the molecule is CN(CCC(F)(F)F)S(=O)(=O)c1cnc(C(=O)NCC(O)C(F)(F)F)c(N)c1. The summed E-state index contributed by atoms with van der Waals surface area (Å²) >= 11 is 0. The number of sulfonamides is 1. The van der Waals surface area contributed by atoms with Crippen LogP contribution in [0, 0.1) is 0 Å². The molecule has 0 saturated carbocycles. The molecule has 0 bridgehead atoms. The summed E-state index contributed by atoms with van der Waals surface area (Å²) in [5.74, 6) is -1.21. The molecule has 1 atom stereocenters. The van der Waals surface area contributed by atoms with Gasteiger partial charge in [0.15, 0.2) is 11.8 Å². The van der Waals surface area contributed by atoms with E-state index in [9.17, 15) is 39.6 Å². The van der Waals surface area contributed by atoms with Gasteiger partial charge in [0.25, 0.3) is 5.91 Å². The van der Waals surface area contributed by atoms with Crippen molar-refractivity contribution < 1.29 is 44.7 Å². The molecular weight excluding hydrogens is 422 g/mol. The summed E-state index contributed by atoms with van der Waals surface area (Å²) in [7, 11) is -3.50. The fourth-order valence-electron chi connectivity index (χ4n) is 1.77. The van der Waals surface area contributed by atoms with Crippen molar-refractivity contribution in [3.63, 3.8) is 0 Å². The van der Waals surface area contributed by atoms with Gasteiger partial charge in [0.05, 0.1) is 18.7 Å². The van der Waals surface area contributed by atoms with Crippen LogP contribution in [0.1, 0.15) is 16.9 Å². The van der Waals surface area contributed by atoms with E-state index >= 15 is 0 Å². The van der Waals surface area contributed by atoms with Gasteiger partial charge in [-0.3, -0.25) is 4.79 Å². The van der Waals surface area contributed by atoms with E-state index < -0.39 is 70.2 Å². The molecular formula is C13H16F6N4O4S. The highest BCUT2D eigenvalue weighted by Gasteiger charge is 2.38. The van der Waals surface area contributed by atoms with Crippen LogP contribution < -0.4 is 11.1 Å². The molecule has 4 N–H and O–H groups in total. The van der Waals surface area contributed by atoms with E-state index in [1.54, 1.807) is 5.32 Å². The normalized spacial score (nSPS) is 14.2. The number of aromatic nitrogens is 1. The molecule has 1 heterocycles. The van der Waals surface area contributed by atoms with Gasteiger partial charge < -0.3 is 16.2 Å². The zero-order valence-corrected chi connectivity index (χ0v) is 15.0. The largest absolute Gasteiger partial charge is 0.416 e. The number of anilines is 1. The number of aliphatic hydroxyl groups is 1. The Hall–Kier alpha value is -2.13. The Bertz CT molecular complexity index is 812. The van der Waals surface area contributed by atoms with E-state index in [2.05, 4.69) is 4.98 Å². The van der Waals surface area contributed by atoms with Crippen molar-refractivity contribution in [1.82, 2.24) is 14.6 Å². The van der Waals surface area contributed by atoms with Crippen LogP contribution in [0.3, 0.4) is 0 Å². The molecule has 28 heavy (non-hydrogen) atoms. The monoisotopic (exact) mass is 438 g/mol. The third-order valence-corrected chi connectivity index (χ3v) is 5.18. The maximum Gasteiger partial charge on any atom is 0.416 e. The molecule has 0 aliphatic carbocycles. The number of pyridine rings is 1. The second-order valence-corrected chi connectivity index (χ2v) is 7.61. The molecule has 0 aliphatic heterocycles. The van der Waals surface area contributed by atoms with Crippen molar-refractivity contribution in [2.45, 2.75) is 29.8 Å². The van der Waals surface area contributed by atoms with E-state index in [0.29, 0.717) is 10.5 Å². The van der Waals surface area contributed by atoms with Gasteiger partial charge in [-0.1, -0.05) is 0 Å². The lowest BCUT2D eigenvalue weighted by atomic mass is 10.2. The molecule has 1 aromatic heterocycles. The number of hydrogen-bond donors (Lipinski definition) is 3. The van der Waals surface area contributed by atoms with Crippen LogP contribution in [-0.4, -0.2) is 67.3 Å². The Labute approximate surface area is 155 Å². The van der Waals surface area contributed by atoms with Crippen molar-refractivity contribution in [2.75, 3.05) is 25.9 Å². The molecule has 160 valence electrons. The second kappa shape index (κ2) is 8.48. The summed E-state index contributed by atoms with van der Waals surface area (Å²) in [5.41, 5.74) is 4.33. The van der Waals surface area contributed by atoms with Crippen molar-refractivity contribution in [2.24, 2.45) is 0 Å². The minimum absolute atomic E-state index is 0.413. The Balaban J connectivity index is 2.92. The minimum atomic E-state index is -4.97. The van der Waals surface area contributed by atoms with Gasteiger partial charge in [-0.2, -0.15) is 26.3 Å². The first kappa shape index (κ1) is 23.9. The summed E-state index contributed by atoms with van der Waals surface area (Å²) in [5, 5.41) is 10.5. The lowest BCUT2D eigenvalue weighted by Gasteiger charge is -2.18. The van der Waals surface area contributed by atoms with Crippen molar-refractivity contribution in [1.29, 1.82) is 0 Å². The number of amides is 1. The summed E-state index contributed by atoms with van der Waals surface area (Å²) < 4.78 is 98.1. The molecule has 1 rings (SSSR count). The number of nitrogens with one attached hydrogen (secondary N) is 1. The van der Waals surface area contributed by atoms with E-state index in [-0.39, 0.29) is 0 Å². The molecule has 15 heteroatoms. The van der Waals surface area contributed by atoms with Crippen molar-refractivity contribution in [3.05, 3.63) is 18.0 Å². The molecule has 0 aromatic carbocycles. The van der Waals surface area contributed by atoms with Gasteiger partial charge in [0.1, 0.15) is 4.90 Å². The number of nitrogens with two attached hydrogens (primary N) is 1. The van der Waals surface area contributed by atoms with Crippen LogP contribution in [0.15, 0.2) is 17.2 Å². The number of nitrogen functional groups attached to an aromatic ring is 1. The maximum atomic E-state index is 12.2. The predicted octanol–water partition coefficient (Wildman–Crippen LogP) is 0.890. The molecule has 0 spiro atoms. The average Bonchev–Trinajstić information content (AvgIpc) is 2.55. The van der Waals surface area contributed by atoms with Gasteiger partial charge in [-0.15, -0.1) is 0 Å². The predicted molar refractivity (Wildman–Crippen MR) is 83.5 cm³/mol. The molecule has 1 amide bonds. The van der Waals surface area contributed by atoms with Crippen molar-refractivity contribution >= 4 is 21.6 Å². The number of halogens is 6. The van der Waals surface area contributed by atoms with Crippen LogP contribution in [0.2, 0.25) is 0 Å². The van der Waals surface area contributed by atoms with Crippen LogP contribution in [0.4, 0.5) is 32.0 Å². The first-order valence-electron chi connectivity index (χ1n) is 7.37. The van der Waals surface area contributed by atoms with Gasteiger partial charge in [0.2, 0.25) is 10.0 Å². The third kappa shape index (κ3) is 6.49. The molecule has 0 saturated heterocycles. The van der Waals surface area contributed by atoms with E-state index in [4.69, 9.17) is 10.8 Å². The van der Waals surface area contributed by atoms with Crippen LogP contribution in [0.25, 0.3) is 0 Å². The fraction of sp³-hybridized carbons (Fsp3) is 0.538. The number of alkyl halides is 6. The number of carbonyl (C=O) groups is 1. The summed E-state index contributed by atoms with van der Waals surface area (Å²) in [6, 6.07) is 0.738. The first-order chi connectivity index (χ1) is 12.6. The minimum Gasteiger partial charge on any atom is -0.397 e. The number of rotatable bonds is 7. The maximum absolute atomic E-state index is 12.2. The molecule has 0 radical (unpaired) electrons. The molecule has 8 nitrogen and oxygen atoms in total. The smallest absolute Gasteiger partial charge is 0.397 e. The Morgan fingerprint density at radius 1 is 1.32 bits per heavy atom. The number of nitrogens with zero attached hydrogens (tertiary/aromatic N) is 2. The first-order valence-corrected chi connectivity index (χ1v) is 8.81. The summed E-state index contributed by atoms with van der Waals surface area (Å²) in [4.78, 5) is 14.6. The molecule has 1 unspecified atom stereocenters. The van der Waals surface area contributed by atoms with Gasteiger partial charge in [-0.05, 0) is 6.07 Å². The van der Waals surface area contributed by atoms with Gasteiger partial charge in [-0.25, -0.2) is 17.7 Å². The third-order valence-electron chi connectivity index (χ3n) is 3.36. The highest BCUT2D eigenvalue weighted by atomic mass is 32.2. The van der Waals surface area contributed by atoms with Gasteiger partial charge >= 0.3 is 12.4 Å². The van der Waals surface area contributed by atoms with E-state index in [1.165, 1.54) is 0 Å². The zero-order valence-electron chi connectivity index (χ0n) is 14.2. The Morgan fingerprint density at radius 2 is 1.89 bits per heavy atom. The van der Waals surface area contributed by atoms with Crippen LogP contribution in [-0.2, 0) is 10.0 Å². The summed E-state index contributed by atoms with van der Waals surface area (Å²) in [6.45, 7) is -2.06. The summed E-state index contributed by atoms with van der Waals surface area (Å²) in [6.07, 6.45) is -13.1. The second-order valence-electron chi connectivity index (χ2n) is 5.57. The number of aliphatic hydroxyl groups excluding tert-OH is 1. The molecule has 1 aromatic rings. The molecule has 0 aliphatic rings. The topological polar surface area (TPSA) is 126 Å². The van der Waals surface area contributed by atoms with E-state index in [1.807, 2.05) is 0 Å². The van der Waals surface area contributed by atoms with Gasteiger partial charge in [0, 0.05) is 19.8 Å². The Morgan fingerprint density at radius 3 is 2.36 bits per heavy atom. The lowest BCUT2D eigenvalue weighted by Crippen LogP contribution is -2.41. The number of carbonyl (C=O) groups excluding carboxylic acids is 1. The highest BCUT2D eigenvalue weighted by Crippen LogP contribution is 2.23. The fourth-order valence-corrected chi connectivity index (χ4v) is 2.92. The van der Waals surface area contributed by atoms with Crippen molar-refractivity contribution in [3.8, 4) is 0 Å². The number of hydrogen-bond acceptors (Lipinski definition) is 6. The zero-order chi connectivity index (χ0) is 21.9. The average molecular weight is 438 g/mol. The Kier molecular flexibility index (Phi) is 7.24. The lowest BCUT2D eigenvalue weighted by molar-refractivity contribution is -0.201. The van der Waals surface area contributed by atoms with Crippen LogP contribution >= 0.6 is 0 Å². The standard InChI is InChI=1S/C13H16F6N4O4S/c1-23(3-2-12(14,15)16)28(26,27)7-4-8(20)10(21-5-7)11(25)22-6-9(24)13(17,18)19/h4-5,9,24H,2-3,6,20H2,1H3,(H,22,25). The quantitative estimate of drug-likeness (QED) is 0.543.